The monoisotopic (exact) mass is 346 g/mol. The number of halogens is 3. The Balaban J connectivity index is 2.07. The van der Waals surface area contributed by atoms with Gasteiger partial charge in [0.1, 0.15) is 6.04 Å². The number of rotatable bonds is 4. The highest BCUT2D eigenvalue weighted by atomic mass is 19.4. The molecule has 24 heavy (non-hydrogen) atoms. The maximum absolute atomic E-state index is 12.5. The molecule has 0 aromatic carbocycles. The molecule has 1 aliphatic heterocycles. The molecule has 132 valence electrons. The minimum Gasteiger partial charge on any atom is -0.468 e. The number of ether oxygens (including phenoxy) is 2. The largest absolute Gasteiger partial charge is 0.468 e. The highest BCUT2D eigenvalue weighted by Crippen LogP contribution is 2.22. The third-order valence-electron chi connectivity index (χ3n) is 3.60. The first-order chi connectivity index (χ1) is 11.3. The van der Waals surface area contributed by atoms with Gasteiger partial charge in [-0.3, -0.25) is 4.79 Å². The Morgan fingerprint density at radius 1 is 1.33 bits per heavy atom. The highest BCUT2D eigenvalue weighted by Gasteiger charge is 2.33. The second-order valence-corrected chi connectivity index (χ2v) is 5.32. The molecule has 1 amide bonds. The van der Waals surface area contributed by atoms with Gasteiger partial charge in [0.15, 0.2) is 6.61 Å². The normalized spacial score (nSPS) is 18.2. The van der Waals surface area contributed by atoms with Crippen LogP contribution in [0.1, 0.15) is 29.6 Å². The van der Waals surface area contributed by atoms with Gasteiger partial charge in [-0.2, -0.15) is 13.2 Å². The first-order valence-electron chi connectivity index (χ1n) is 7.36. The average molecular weight is 346 g/mol. The van der Waals surface area contributed by atoms with E-state index in [0.717, 1.165) is 19.0 Å². The Labute approximate surface area is 136 Å². The lowest BCUT2D eigenvalue weighted by atomic mass is 10.0. The zero-order chi connectivity index (χ0) is 17.7. The van der Waals surface area contributed by atoms with E-state index in [1.807, 2.05) is 0 Å². The number of carbonyl (C=O) groups is 2. The van der Waals surface area contributed by atoms with Gasteiger partial charge in [-0.05, 0) is 25.3 Å². The van der Waals surface area contributed by atoms with Crippen LogP contribution in [0.15, 0.2) is 18.3 Å². The van der Waals surface area contributed by atoms with Gasteiger partial charge in [0.05, 0.1) is 12.7 Å². The minimum atomic E-state index is -4.46. The molecule has 0 saturated carbocycles. The fraction of sp³-hybridized carbons (Fsp3) is 0.533. The van der Waals surface area contributed by atoms with Crippen molar-refractivity contribution in [3.63, 3.8) is 0 Å². The van der Waals surface area contributed by atoms with Crippen molar-refractivity contribution in [1.82, 2.24) is 9.88 Å². The molecule has 1 aliphatic rings. The van der Waals surface area contributed by atoms with E-state index < -0.39 is 30.7 Å². The number of piperidine rings is 1. The summed E-state index contributed by atoms with van der Waals surface area (Å²) in [5.74, 6) is -1.13. The number of methoxy groups -OCH3 is 1. The second-order valence-electron chi connectivity index (χ2n) is 5.32. The Hall–Kier alpha value is -2.32. The number of likely N-dealkylation sites (tertiary alicyclic amines) is 1. The van der Waals surface area contributed by atoms with Crippen molar-refractivity contribution in [3.8, 4) is 5.88 Å². The SMILES string of the molecule is COC(=O)C1CCCCN1C(=O)c1ccc(OCC(F)(F)F)nc1. The minimum absolute atomic E-state index is 0.171. The van der Waals surface area contributed by atoms with E-state index in [-0.39, 0.29) is 11.4 Å². The molecule has 0 spiro atoms. The fourth-order valence-corrected chi connectivity index (χ4v) is 2.47. The number of nitrogens with zero attached hydrogens (tertiary/aromatic N) is 2. The molecule has 2 rings (SSSR count). The smallest absolute Gasteiger partial charge is 0.422 e. The van der Waals surface area contributed by atoms with Gasteiger partial charge in [0.2, 0.25) is 5.88 Å². The van der Waals surface area contributed by atoms with Crippen molar-refractivity contribution in [2.75, 3.05) is 20.3 Å². The second kappa shape index (κ2) is 7.50. The average Bonchev–Trinajstić information content (AvgIpc) is 2.58. The molecule has 1 unspecified atom stereocenters. The Bertz CT molecular complexity index is 589. The summed E-state index contributed by atoms with van der Waals surface area (Å²) in [6, 6.07) is 1.86. The van der Waals surface area contributed by atoms with Crippen LogP contribution in [0.2, 0.25) is 0 Å². The first kappa shape index (κ1) is 18.0. The molecule has 1 aromatic heterocycles. The Morgan fingerprint density at radius 3 is 2.67 bits per heavy atom. The van der Waals surface area contributed by atoms with E-state index in [9.17, 15) is 22.8 Å². The number of carbonyl (C=O) groups excluding carboxylic acids is 2. The van der Waals surface area contributed by atoms with Crippen LogP contribution in [-0.2, 0) is 9.53 Å². The maximum Gasteiger partial charge on any atom is 0.422 e. The molecule has 9 heteroatoms. The van der Waals surface area contributed by atoms with Crippen LogP contribution in [0.4, 0.5) is 13.2 Å². The van der Waals surface area contributed by atoms with Crippen LogP contribution < -0.4 is 4.74 Å². The van der Waals surface area contributed by atoms with Crippen LogP contribution in [0, 0.1) is 0 Å². The number of esters is 1. The summed E-state index contributed by atoms with van der Waals surface area (Å²) >= 11 is 0. The lowest BCUT2D eigenvalue weighted by Gasteiger charge is -2.33. The molecular weight excluding hydrogens is 329 g/mol. The number of hydrogen-bond acceptors (Lipinski definition) is 5. The van der Waals surface area contributed by atoms with Crippen LogP contribution in [-0.4, -0.2) is 54.2 Å². The lowest BCUT2D eigenvalue weighted by molar-refractivity contribution is -0.154. The molecule has 0 bridgehead atoms. The molecule has 2 heterocycles. The van der Waals surface area contributed by atoms with Crippen molar-refractivity contribution in [1.29, 1.82) is 0 Å². The molecular formula is C15H17F3N2O4. The predicted molar refractivity (Wildman–Crippen MR) is 76.5 cm³/mol. The van der Waals surface area contributed by atoms with Crippen molar-refractivity contribution in [2.45, 2.75) is 31.5 Å². The van der Waals surface area contributed by atoms with E-state index in [0.29, 0.717) is 13.0 Å². The molecule has 0 N–H and O–H groups in total. The highest BCUT2D eigenvalue weighted by molar-refractivity contribution is 5.96. The van der Waals surface area contributed by atoms with E-state index in [1.54, 1.807) is 0 Å². The van der Waals surface area contributed by atoms with Crippen LogP contribution in [0.3, 0.4) is 0 Å². The van der Waals surface area contributed by atoms with E-state index in [2.05, 4.69) is 9.72 Å². The van der Waals surface area contributed by atoms with Gasteiger partial charge in [-0.15, -0.1) is 0 Å². The van der Waals surface area contributed by atoms with Gasteiger partial charge in [-0.25, -0.2) is 9.78 Å². The summed E-state index contributed by atoms with van der Waals surface area (Å²) in [7, 11) is 1.26. The van der Waals surface area contributed by atoms with Crippen LogP contribution in [0.5, 0.6) is 5.88 Å². The van der Waals surface area contributed by atoms with Crippen molar-refractivity contribution in [2.24, 2.45) is 0 Å². The van der Waals surface area contributed by atoms with Crippen LogP contribution >= 0.6 is 0 Å². The maximum atomic E-state index is 12.5. The van der Waals surface area contributed by atoms with Gasteiger partial charge in [-0.1, -0.05) is 0 Å². The summed E-state index contributed by atoms with van der Waals surface area (Å²) < 4.78 is 45.5. The van der Waals surface area contributed by atoms with Gasteiger partial charge < -0.3 is 14.4 Å². The zero-order valence-corrected chi connectivity index (χ0v) is 13.0. The molecule has 1 atom stereocenters. The molecule has 1 saturated heterocycles. The van der Waals surface area contributed by atoms with E-state index >= 15 is 0 Å². The Morgan fingerprint density at radius 2 is 2.08 bits per heavy atom. The number of amides is 1. The molecule has 6 nitrogen and oxygen atoms in total. The molecule has 0 radical (unpaired) electrons. The summed E-state index contributed by atoms with van der Waals surface area (Å²) in [5.41, 5.74) is 0.171. The lowest BCUT2D eigenvalue weighted by Crippen LogP contribution is -2.48. The number of alkyl halides is 3. The third-order valence-corrected chi connectivity index (χ3v) is 3.60. The van der Waals surface area contributed by atoms with Crippen molar-refractivity contribution >= 4 is 11.9 Å². The quantitative estimate of drug-likeness (QED) is 0.782. The van der Waals surface area contributed by atoms with Gasteiger partial charge >= 0.3 is 12.1 Å². The molecule has 0 aliphatic carbocycles. The summed E-state index contributed by atoms with van der Waals surface area (Å²) in [5, 5.41) is 0. The molecule has 1 aromatic rings. The fourth-order valence-electron chi connectivity index (χ4n) is 2.47. The van der Waals surface area contributed by atoms with Crippen LogP contribution in [0.25, 0.3) is 0 Å². The van der Waals surface area contributed by atoms with Crippen molar-refractivity contribution < 1.29 is 32.2 Å². The summed E-state index contributed by atoms with van der Waals surface area (Å²) in [6.45, 7) is -1.05. The third kappa shape index (κ3) is 4.59. The standard InChI is InChI=1S/C15H17F3N2O4/c1-23-14(22)11-4-2-3-7-20(11)13(21)10-5-6-12(19-8-10)24-9-15(16,17)18/h5-6,8,11H,2-4,7,9H2,1H3. The van der Waals surface area contributed by atoms with E-state index in [4.69, 9.17) is 4.74 Å². The number of hydrogen-bond donors (Lipinski definition) is 0. The summed E-state index contributed by atoms with van der Waals surface area (Å²) in [4.78, 5) is 29.4. The predicted octanol–water partition coefficient (Wildman–Crippen LogP) is 2.19. The number of aromatic nitrogens is 1. The topological polar surface area (TPSA) is 68.7 Å². The molecule has 1 fully saturated rings. The summed E-state index contributed by atoms with van der Waals surface area (Å²) in [6.07, 6.45) is -1.24. The van der Waals surface area contributed by atoms with E-state index in [1.165, 1.54) is 24.1 Å². The van der Waals surface area contributed by atoms with Gasteiger partial charge in [0, 0.05) is 18.8 Å². The first-order valence-corrected chi connectivity index (χ1v) is 7.36. The number of pyridine rings is 1. The Kier molecular flexibility index (Phi) is 5.63. The van der Waals surface area contributed by atoms with Gasteiger partial charge in [0.25, 0.3) is 5.91 Å². The van der Waals surface area contributed by atoms with Crippen molar-refractivity contribution in [3.05, 3.63) is 23.9 Å². The zero-order valence-electron chi connectivity index (χ0n) is 13.0.